The Morgan fingerprint density at radius 2 is 1.90 bits per heavy atom. The summed E-state index contributed by atoms with van der Waals surface area (Å²) in [5.74, 6) is 0.143. The summed E-state index contributed by atoms with van der Waals surface area (Å²) in [7, 11) is 1.49. The number of carbonyl (C=O) groups is 2. The number of hydrogen-bond donors (Lipinski definition) is 0. The predicted molar refractivity (Wildman–Crippen MR) is 112 cm³/mol. The smallest absolute Gasteiger partial charge is 0.281 e. The number of nitrogens with zero attached hydrogens (tertiary/aromatic N) is 3. The third kappa shape index (κ3) is 3.38. The van der Waals surface area contributed by atoms with Gasteiger partial charge in [-0.2, -0.15) is 5.26 Å². The first-order valence-corrected chi connectivity index (χ1v) is 9.77. The van der Waals surface area contributed by atoms with Crippen LogP contribution in [-0.2, 0) is 14.4 Å². The molecule has 2 aromatic rings. The molecular weight excluding hydrogens is 398 g/mol. The molecular formula is C23H21N3O5. The van der Waals surface area contributed by atoms with E-state index in [0.29, 0.717) is 28.5 Å². The summed E-state index contributed by atoms with van der Waals surface area (Å²) in [6, 6.07) is 12.7. The van der Waals surface area contributed by atoms with Crippen molar-refractivity contribution in [2.24, 2.45) is 5.16 Å². The molecule has 0 unspecified atom stereocenters. The van der Waals surface area contributed by atoms with E-state index in [4.69, 9.17) is 19.6 Å². The van der Waals surface area contributed by atoms with Gasteiger partial charge in [0.25, 0.3) is 5.91 Å². The van der Waals surface area contributed by atoms with Gasteiger partial charge in [0, 0.05) is 12.0 Å². The van der Waals surface area contributed by atoms with Crippen molar-refractivity contribution in [1.29, 1.82) is 5.26 Å². The van der Waals surface area contributed by atoms with Crippen LogP contribution in [0.5, 0.6) is 11.5 Å². The van der Waals surface area contributed by atoms with Crippen LogP contribution in [0.15, 0.2) is 41.6 Å². The summed E-state index contributed by atoms with van der Waals surface area (Å²) in [6.07, 6.45) is 0.0909. The number of rotatable bonds is 5. The lowest BCUT2D eigenvalue weighted by Gasteiger charge is -2.22. The first-order valence-electron chi connectivity index (χ1n) is 9.77. The normalized spacial score (nSPS) is 19.9. The van der Waals surface area contributed by atoms with Crippen LogP contribution < -0.4 is 14.4 Å². The van der Waals surface area contributed by atoms with E-state index in [0.717, 1.165) is 11.1 Å². The zero-order valence-electron chi connectivity index (χ0n) is 17.5. The summed E-state index contributed by atoms with van der Waals surface area (Å²) in [5, 5.41) is 12.8. The fraction of sp³-hybridized carbons (Fsp3) is 0.304. The van der Waals surface area contributed by atoms with Gasteiger partial charge in [0.1, 0.15) is 6.07 Å². The molecule has 2 amide bonds. The van der Waals surface area contributed by atoms with Gasteiger partial charge in [-0.05, 0) is 43.2 Å². The Morgan fingerprint density at radius 3 is 2.58 bits per heavy atom. The standard InChI is InChI=1S/C23H21N3O5/c1-14-5-4-6-15(2)21(14)26-20(27)13-23(22(26)28)12-17(25-31-23)16-7-8-18(30-10-9-24)19(11-16)29-3/h4-8,11H,10,12-13H2,1-3H3/t23-/m0/s1. The van der Waals surface area contributed by atoms with Crippen molar-refractivity contribution in [3.63, 3.8) is 0 Å². The largest absolute Gasteiger partial charge is 0.493 e. The van der Waals surface area contributed by atoms with Gasteiger partial charge in [0.2, 0.25) is 11.5 Å². The first-order chi connectivity index (χ1) is 14.9. The topological polar surface area (TPSA) is 101 Å². The van der Waals surface area contributed by atoms with Crippen LogP contribution >= 0.6 is 0 Å². The molecule has 1 atom stereocenters. The number of oxime groups is 1. The fourth-order valence-corrected chi connectivity index (χ4v) is 4.02. The number of aryl methyl sites for hydroxylation is 2. The minimum atomic E-state index is -1.34. The maximum atomic E-state index is 13.3. The molecule has 0 bridgehead atoms. The van der Waals surface area contributed by atoms with Crippen molar-refractivity contribution in [2.75, 3.05) is 18.6 Å². The molecule has 8 heteroatoms. The summed E-state index contributed by atoms with van der Waals surface area (Å²) >= 11 is 0. The highest BCUT2D eigenvalue weighted by atomic mass is 16.7. The molecule has 158 valence electrons. The van der Waals surface area contributed by atoms with Crippen molar-refractivity contribution in [3.05, 3.63) is 53.1 Å². The number of para-hydroxylation sites is 1. The molecule has 0 N–H and O–H groups in total. The van der Waals surface area contributed by atoms with Crippen LogP contribution in [0.3, 0.4) is 0 Å². The number of imide groups is 1. The summed E-state index contributed by atoms with van der Waals surface area (Å²) < 4.78 is 10.7. The van der Waals surface area contributed by atoms with Gasteiger partial charge in [-0.25, -0.2) is 4.90 Å². The second-order valence-corrected chi connectivity index (χ2v) is 7.56. The molecule has 2 aliphatic rings. The monoisotopic (exact) mass is 419 g/mol. The van der Waals surface area contributed by atoms with Gasteiger partial charge in [0.15, 0.2) is 18.1 Å². The van der Waals surface area contributed by atoms with Crippen LogP contribution in [0, 0.1) is 25.2 Å². The minimum Gasteiger partial charge on any atom is -0.493 e. The van der Waals surface area contributed by atoms with E-state index in [2.05, 4.69) is 5.16 Å². The molecule has 2 aromatic carbocycles. The van der Waals surface area contributed by atoms with Crippen molar-refractivity contribution in [1.82, 2.24) is 0 Å². The van der Waals surface area contributed by atoms with Crippen molar-refractivity contribution in [3.8, 4) is 17.6 Å². The van der Waals surface area contributed by atoms with Crippen LogP contribution in [0.25, 0.3) is 0 Å². The van der Waals surface area contributed by atoms with Gasteiger partial charge in [-0.3, -0.25) is 9.59 Å². The number of amides is 2. The lowest BCUT2D eigenvalue weighted by atomic mass is 9.92. The van der Waals surface area contributed by atoms with E-state index in [9.17, 15) is 9.59 Å². The van der Waals surface area contributed by atoms with Crippen LogP contribution in [-0.4, -0.2) is 36.8 Å². The maximum Gasteiger partial charge on any atom is 0.281 e. The molecule has 2 aliphatic heterocycles. The van der Waals surface area contributed by atoms with Gasteiger partial charge in [0.05, 0.1) is 24.9 Å². The third-order valence-electron chi connectivity index (χ3n) is 5.51. The quantitative estimate of drug-likeness (QED) is 0.691. The number of hydrogen-bond acceptors (Lipinski definition) is 7. The van der Waals surface area contributed by atoms with Crippen LogP contribution in [0.4, 0.5) is 5.69 Å². The summed E-state index contributed by atoms with van der Waals surface area (Å²) in [4.78, 5) is 33.0. The fourth-order valence-electron chi connectivity index (χ4n) is 4.02. The molecule has 1 saturated heterocycles. The number of methoxy groups -OCH3 is 1. The molecule has 31 heavy (non-hydrogen) atoms. The molecule has 0 aliphatic carbocycles. The first kappa shape index (κ1) is 20.4. The average molecular weight is 419 g/mol. The number of nitriles is 1. The van der Waals surface area contributed by atoms with E-state index in [1.54, 1.807) is 18.2 Å². The molecule has 4 rings (SSSR count). The number of benzene rings is 2. The molecule has 1 fully saturated rings. The van der Waals surface area contributed by atoms with Crippen molar-refractivity contribution in [2.45, 2.75) is 32.3 Å². The van der Waals surface area contributed by atoms with Crippen LogP contribution in [0.1, 0.15) is 29.5 Å². The van der Waals surface area contributed by atoms with E-state index in [-0.39, 0.29) is 25.4 Å². The zero-order valence-corrected chi connectivity index (χ0v) is 17.5. The Hall–Kier alpha value is -3.86. The van der Waals surface area contributed by atoms with E-state index < -0.39 is 11.5 Å². The van der Waals surface area contributed by atoms with Gasteiger partial charge >= 0.3 is 0 Å². The van der Waals surface area contributed by atoms with Gasteiger partial charge in [-0.1, -0.05) is 23.4 Å². The number of ether oxygens (including phenoxy) is 2. The average Bonchev–Trinajstić information content (AvgIpc) is 3.28. The Balaban J connectivity index is 1.60. The Morgan fingerprint density at radius 1 is 1.16 bits per heavy atom. The molecule has 0 radical (unpaired) electrons. The Kier molecular flexibility index (Phi) is 5.11. The second kappa shape index (κ2) is 7.76. The molecule has 0 aromatic heterocycles. The lowest BCUT2D eigenvalue weighted by molar-refractivity contribution is -0.136. The van der Waals surface area contributed by atoms with Crippen molar-refractivity contribution < 1.29 is 23.9 Å². The second-order valence-electron chi connectivity index (χ2n) is 7.56. The highest BCUT2D eigenvalue weighted by molar-refractivity contribution is 6.26. The predicted octanol–water partition coefficient (Wildman–Crippen LogP) is 3.04. The van der Waals surface area contributed by atoms with E-state index >= 15 is 0 Å². The lowest BCUT2D eigenvalue weighted by Crippen LogP contribution is -2.41. The minimum absolute atomic E-state index is 0.0763. The molecule has 0 saturated carbocycles. The number of carbonyl (C=O) groups excluding carboxylic acids is 2. The molecule has 1 spiro atoms. The zero-order chi connectivity index (χ0) is 22.2. The summed E-state index contributed by atoms with van der Waals surface area (Å²) in [6.45, 7) is 3.63. The maximum absolute atomic E-state index is 13.3. The Bertz CT molecular complexity index is 1130. The van der Waals surface area contributed by atoms with Crippen molar-refractivity contribution >= 4 is 23.2 Å². The molecule has 8 nitrogen and oxygen atoms in total. The SMILES string of the molecule is COc1cc(C2=NO[C@]3(CC(=O)N(c4c(C)cccc4C)C3=O)C2)ccc1OCC#N. The van der Waals surface area contributed by atoms with Gasteiger partial charge < -0.3 is 14.3 Å². The summed E-state index contributed by atoms with van der Waals surface area (Å²) in [5.41, 5.74) is 2.17. The third-order valence-corrected chi connectivity index (χ3v) is 5.51. The number of anilines is 1. The Labute approximate surface area is 179 Å². The highest BCUT2D eigenvalue weighted by Crippen LogP contribution is 2.41. The highest BCUT2D eigenvalue weighted by Gasteiger charge is 2.58. The van der Waals surface area contributed by atoms with Crippen LogP contribution in [0.2, 0.25) is 0 Å². The molecule has 2 heterocycles. The van der Waals surface area contributed by atoms with E-state index in [1.807, 2.05) is 38.1 Å². The van der Waals surface area contributed by atoms with Gasteiger partial charge in [-0.15, -0.1) is 0 Å². The van der Waals surface area contributed by atoms with E-state index in [1.165, 1.54) is 12.0 Å².